The molecule has 4 aromatic rings. The van der Waals surface area contributed by atoms with E-state index in [4.69, 9.17) is 15.6 Å². The van der Waals surface area contributed by atoms with Crippen molar-refractivity contribution >= 4 is 16.7 Å². The third-order valence-corrected chi connectivity index (χ3v) is 5.75. The Morgan fingerprint density at radius 3 is 2.15 bits per heavy atom. The van der Waals surface area contributed by atoms with Crippen LogP contribution in [0.5, 0.6) is 5.75 Å². The first kappa shape index (κ1) is 24.0. The molecule has 33 heavy (non-hydrogen) atoms. The lowest BCUT2D eigenvalue weighted by Crippen LogP contribution is -2.13. The molecule has 0 bridgehead atoms. The molecule has 0 saturated carbocycles. The number of fused-ring (bicyclic) bond motifs is 1. The first-order chi connectivity index (χ1) is 15.9. The maximum Gasteiger partial charge on any atom is 0.310 e. The summed E-state index contributed by atoms with van der Waals surface area (Å²) in [5, 5.41) is 11.0. The molecule has 4 nitrogen and oxygen atoms in total. The second kappa shape index (κ2) is 11.3. The number of carbonyl (C=O) groups is 1. The number of methoxy groups -OCH3 is 1. The molecular formula is C29H31NO3. The Bertz CT molecular complexity index is 1190. The van der Waals surface area contributed by atoms with E-state index in [-0.39, 0.29) is 6.04 Å². The highest BCUT2D eigenvalue weighted by Gasteiger charge is 2.13. The van der Waals surface area contributed by atoms with E-state index in [9.17, 15) is 4.79 Å². The van der Waals surface area contributed by atoms with E-state index < -0.39 is 11.9 Å². The van der Waals surface area contributed by atoms with Gasteiger partial charge in [-0.15, -0.1) is 0 Å². The van der Waals surface area contributed by atoms with Gasteiger partial charge >= 0.3 is 5.97 Å². The van der Waals surface area contributed by atoms with Crippen molar-refractivity contribution < 1.29 is 14.6 Å². The molecule has 0 aromatic heterocycles. The molecule has 3 N–H and O–H groups in total. The van der Waals surface area contributed by atoms with Gasteiger partial charge in [0.25, 0.3) is 0 Å². The number of ether oxygens (including phenoxy) is 1. The molecule has 0 radical (unpaired) electrons. The largest absolute Gasteiger partial charge is 0.497 e. The van der Waals surface area contributed by atoms with Crippen LogP contribution in [-0.4, -0.2) is 18.2 Å². The van der Waals surface area contributed by atoms with Gasteiger partial charge in [-0.25, -0.2) is 0 Å². The maximum atomic E-state index is 10.9. The van der Waals surface area contributed by atoms with Gasteiger partial charge in [-0.1, -0.05) is 84.4 Å². The Hall–Kier alpha value is -3.63. The van der Waals surface area contributed by atoms with Crippen LogP contribution < -0.4 is 10.5 Å². The predicted octanol–water partition coefficient (Wildman–Crippen LogP) is 6.27. The highest BCUT2D eigenvalue weighted by Crippen LogP contribution is 2.25. The van der Waals surface area contributed by atoms with Gasteiger partial charge in [0.05, 0.1) is 13.0 Å². The van der Waals surface area contributed by atoms with Gasteiger partial charge in [-0.3, -0.25) is 4.79 Å². The van der Waals surface area contributed by atoms with Gasteiger partial charge in [-0.05, 0) is 59.9 Å². The summed E-state index contributed by atoms with van der Waals surface area (Å²) in [4.78, 5) is 10.9. The molecule has 0 saturated heterocycles. The Morgan fingerprint density at radius 1 is 0.879 bits per heavy atom. The van der Waals surface area contributed by atoms with Gasteiger partial charge in [0.15, 0.2) is 0 Å². The SMILES string of the molecule is COc1ccc2cc([C@@H](C)C(=O)O)ccc2c1.Cc1ccc(C[C@@H](N)c2ccccc2)cc1. The molecule has 0 aliphatic heterocycles. The van der Waals surface area contributed by atoms with Crippen LogP contribution in [0, 0.1) is 6.92 Å². The topological polar surface area (TPSA) is 72.5 Å². The summed E-state index contributed by atoms with van der Waals surface area (Å²) in [5.41, 5.74) is 10.8. The number of hydrogen-bond donors (Lipinski definition) is 2. The average molecular weight is 442 g/mol. The molecule has 0 aliphatic rings. The van der Waals surface area contributed by atoms with Crippen molar-refractivity contribution in [2.45, 2.75) is 32.2 Å². The highest BCUT2D eigenvalue weighted by atomic mass is 16.5. The number of rotatable bonds is 6. The monoisotopic (exact) mass is 441 g/mol. The molecular weight excluding hydrogens is 410 g/mol. The van der Waals surface area contributed by atoms with Crippen LogP contribution >= 0.6 is 0 Å². The van der Waals surface area contributed by atoms with Crippen LogP contribution in [0.15, 0.2) is 91.0 Å². The molecule has 0 heterocycles. The number of carboxylic acids is 1. The molecule has 4 heteroatoms. The lowest BCUT2D eigenvalue weighted by Gasteiger charge is -2.12. The molecule has 4 rings (SSSR count). The lowest BCUT2D eigenvalue weighted by atomic mass is 9.98. The summed E-state index contributed by atoms with van der Waals surface area (Å²) in [6.45, 7) is 3.79. The zero-order valence-corrected chi connectivity index (χ0v) is 19.4. The van der Waals surface area contributed by atoms with Crippen LogP contribution in [0.2, 0.25) is 0 Å². The van der Waals surface area contributed by atoms with E-state index in [1.54, 1.807) is 14.0 Å². The molecule has 2 atom stereocenters. The molecule has 4 aromatic carbocycles. The third-order valence-electron chi connectivity index (χ3n) is 5.75. The fourth-order valence-electron chi connectivity index (χ4n) is 3.58. The van der Waals surface area contributed by atoms with Crippen LogP contribution in [0.1, 0.15) is 41.1 Å². The average Bonchev–Trinajstić information content (AvgIpc) is 2.85. The summed E-state index contributed by atoms with van der Waals surface area (Å²) in [6.07, 6.45) is 0.893. The van der Waals surface area contributed by atoms with Crippen molar-refractivity contribution in [2.24, 2.45) is 5.73 Å². The molecule has 0 fully saturated rings. The van der Waals surface area contributed by atoms with Gasteiger partial charge in [0.2, 0.25) is 0 Å². The Labute approximate surface area is 195 Å². The summed E-state index contributed by atoms with van der Waals surface area (Å²) in [6, 6.07) is 30.3. The Kier molecular flexibility index (Phi) is 8.22. The number of carboxylic acid groups (broad SMARTS) is 1. The van der Waals surface area contributed by atoms with Crippen LogP contribution in [0.4, 0.5) is 0 Å². The maximum absolute atomic E-state index is 10.9. The van der Waals surface area contributed by atoms with Crippen LogP contribution in [0.25, 0.3) is 10.8 Å². The van der Waals surface area contributed by atoms with E-state index in [1.807, 2.05) is 54.6 Å². The van der Waals surface area contributed by atoms with E-state index in [2.05, 4.69) is 43.3 Å². The standard InChI is InChI=1S/C15H17N.C14H14O3/c1-12-7-9-13(10-8-12)11-15(16)14-5-3-2-4-6-14;1-9(14(15)16)10-3-4-12-8-13(17-2)6-5-11(12)7-10/h2-10,15H,11,16H2,1H3;3-9H,1-2H3,(H,15,16)/t15-;9-/m11/s1. The fraction of sp³-hybridized carbons (Fsp3) is 0.207. The summed E-state index contributed by atoms with van der Waals surface area (Å²) >= 11 is 0. The van der Waals surface area contributed by atoms with E-state index >= 15 is 0 Å². The normalized spacial score (nSPS) is 12.4. The second-order valence-corrected chi connectivity index (χ2v) is 8.24. The quantitative estimate of drug-likeness (QED) is 0.370. The molecule has 0 spiro atoms. The third kappa shape index (κ3) is 6.67. The van der Waals surface area contributed by atoms with Crippen molar-refractivity contribution in [1.29, 1.82) is 0 Å². The predicted molar refractivity (Wildman–Crippen MR) is 135 cm³/mol. The van der Waals surface area contributed by atoms with E-state index in [0.29, 0.717) is 0 Å². The number of aliphatic carboxylic acids is 1. The zero-order valence-electron chi connectivity index (χ0n) is 19.4. The minimum absolute atomic E-state index is 0.0870. The summed E-state index contributed by atoms with van der Waals surface area (Å²) in [5.74, 6) is -0.490. The number of benzene rings is 4. The van der Waals surface area contributed by atoms with Crippen molar-refractivity contribution in [3.05, 3.63) is 113 Å². The number of hydrogen-bond acceptors (Lipinski definition) is 3. The molecule has 0 unspecified atom stereocenters. The molecule has 0 aliphatic carbocycles. The van der Waals surface area contributed by atoms with Crippen LogP contribution in [0.3, 0.4) is 0 Å². The minimum Gasteiger partial charge on any atom is -0.497 e. The summed E-state index contributed by atoms with van der Waals surface area (Å²) < 4.78 is 5.14. The van der Waals surface area contributed by atoms with Crippen molar-refractivity contribution in [2.75, 3.05) is 7.11 Å². The first-order valence-electron chi connectivity index (χ1n) is 11.0. The number of nitrogens with two attached hydrogens (primary N) is 1. The lowest BCUT2D eigenvalue weighted by molar-refractivity contribution is -0.138. The highest BCUT2D eigenvalue weighted by molar-refractivity contribution is 5.86. The summed E-state index contributed by atoms with van der Waals surface area (Å²) in [7, 11) is 1.63. The number of aryl methyl sites for hydroxylation is 1. The smallest absolute Gasteiger partial charge is 0.310 e. The van der Waals surface area contributed by atoms with Gasteiger partial charge < -0.3 is 15.6 Å². The Morgan fingerprint density at radius 2 is 1.52 bits per heavy atom. The van der Waals surface area contributed by atoms with E-state index in [1.165, 1.54) is 16.7 Å². The van der Waals surface area contributed by atoms with Crippen molar-refractivity contribution in [1.82, 2.24) is 0 Å². The molecule has 170 valence electrons. The molecule has 0 amide bonds. The van der Waals surface area contributed by atoms with Crippen molar-refractivity contribution in [3.63, 3.8) is 0 Å². The minimum atomic E-state index is -0.808. The zero-order chi connectivity index (χ0) is 23.8. The van der Waals surface area contributed by atoms with Gasteiger partial charge in [0, 0.05) is 6.04 Å². The first-order valence-corrected chi connectivity index (χ1v) is 11.0. The Balaban J connectivity index is 0.000000186. The van der Waals surface area contributed by atoms with Gasteiger partial charge in [0.1, 0.15) is 5.75 Å². The van der Waals surface area contributed by atoms with Crippen LogP contribution in [-0.2, 0) is 11.2 Å². The second-order valence-electron chi connectivity index (χ2n) is 8.24. The van der Waals surface area contributed by atoms with Gasteiger partial charge in [-0.2, -0.15) is 0 Å². The fourth-order valence-corrected chi connectivity index (χ4v) is 3.58. The van der Waals surface area contributed by atoms with E-state index in [0.717, 1.165) is 28.5 Å². The van der Waals surface area contributed by atoms with Crippen molar-refractivity contribution in [3.8, 4) is 5.75 Å².